The van der Waals surface area contributed by atoms with Crippen LogP contribution in [0.5, 0.6) is 0 Å². The number of benzene rings is 2. The minimum Gasteiger partial charge on any atom is -0.409 e. The molecule has 21 heteroatoms. The molecule has 6 aromatic heterocycles. The highest BCUT2D eigenvalue weighted by molar-refractivity contribution is 9.11. The fourth-order valence-corrected chi connectivity index (χ4v) is 9.89. The Morgan fingerprint density at radius 3 is 2.09 bits per heavy atom. The van der Waals surface area contributed by atoms with Gasteiger partial charge in [-0.1, -0.05) is 76.4 Å². The van der Waals surface area contributed by atoms with E-state index in [0.717, 1.165) is 36.9 Å². The summed E-state index contributed by atoms with van der Waals surface area (Å²) in [7, 11) is -5.59. The fourth-order valence-electron chi connectivity index (χ4n) is 5.01. The average molecular weight is 962 g/mol. The third kappa shape index (κ3) is 7.36. The van der Waals surface area contributed by atoms with E-state index in [0.29, 0.717) is 26.2 Å². The molecule has 0 fully saturated rings. The van der Waals surface area contributed by atoms with Crippen LogP contribution in [0.1, 0.15) is 11.1 Å². The van der Waals surface area contributed by atoms with Crippen LogP contribution in [0.25, 0.3) is 33.1 Å². The van der Waals surface area contributed by atoms with Crippen molar-refractivity contribution >= 4 is 96.5 Å². The number of nitrogens with zero attached hydrogens (tertiary/aromatic N) is 9. The Kier molecular flexibility index (Phi) is 10.2. The monoisotopic (exact) mass is 959 g/mol. The summed E-state index contributed by atoms with van der Waals surface area (Å²) in [5.41, 5.74) is 3.99. The molecule has 0 spiro atoms. The fraction of sp³-hybridized carbons (Fsp3) is 0.0625. The minimum atomic E-state index is -3.75. The smallest absolute Gasteiger partial charge is 0.312 e. The van der Waals surface area contributed by atoms with Crippen molar-refractivity contribution in [2.45, 2.75) is 33.2 Å². The van der Waals surface area contributed by atoms with E-state index in [1.165, 1.54) is 18.2 Å². The molecule has 0 N–H and O–H groups in total. The third-order valence-electron chi connectivity index (χ3n) is 7.65. The summed E-state index contributed by atoms with van der Waals surface area (Å²) in [4.78, 5) is 10.9. The molecule has 0 amide bonds. The second-order valence-electron chi connectivity index (χ2n) is 11.1. The highest BCUT2D eigenvalue weighted by Crippen LogP contribution is 2.34. The Morgan fingerprint density at radius 2 is 1.42 bits per heavy atom. The van der Waals surface area contributed by atoms with E-state index in [-0.39, 0.29) is 30.9 Å². The standard InChI is InChI=1S/C16H10Br2N4O2S2.C16H10BrN5O4S/c1-9-2-3-10(17)7-14(9)26(23,24)16-21-20-15(25-16)12-8-19-22-5-4-11(18)6-13(12)22;1-9-2-3-11(22(23)24)7-14(9)27(25)16-20-19-15(26-16)12-8-18-21-5-4-10(17)6-13(12)21/h2-8H,1H3;2-8H,1H3. The lowest BCUT2D eigenvalue weighted by molar-refractivity contribution is -0.385. The van der Waals surface area contributed by atoms with Gasteiger partial charge in [-0.2, -0.15) is 10.2 Å². The van der Waals surface area contributed by atoms with Crippen molar-refractivity contribution in [3.63, 3.8) is 0 Å². The topological polar surface area (TPSA) is 194 Å². The molecule has 53 heavy (non-hydrogen) atoms. The number of sulfone groups is 1. The summed E-state index contributed by atoms with van der Waals surface area (Å²) in [6, 6.07) is 16.7. The SMILES string of the molecule is Cc1ccc(Br)cc1S(=O)(=O)c1nnc(-c2cnn3ccc(Br)cc23)s1.Cc1ccc([N+](=O)[O-])cc1S(=O)c1nnc(-c2cnn3ccc(Br)cc23)o1. The van der Waals surface area contributed by atoms with Gasteiger partial charge in [0.1, 0.15) is 10.8 Å². The maximum Gasteiger partial charge on any atom is 0.312 e. The van der Waals surface area contributed by atoms with Crippen LogP contribution in [-0.2, 0) is 20.6 Å². The first-order chi connectivity index (χ1) is 25.3. The zero-order chi connectivity index (χ0) is 37.6. The van der Waals surface area contributed by atoms with Crippen LogP contribution in [0.15, 0.2) is 123 Å². The lowest BCUT2D eigenvalue weighted by Gasteiger charge is -2.04. The molecule has 0 aliphatic carbocycles. The highest BCUT2D eigenvalue weighted by atomic mass is 79.9. The zero-order valence-electron chi connectivity index (χ0n) is 26.9. The molecule has 268 valence electrons. The molecule has 1 atom stereocenters. The van der Waals surface area contributed by atoms with Crippen molar-refractivity contribution in [2.75, 3.05) is 0 Å². The van der Waals surface area contributed by atoms with Gasteiger partial charge in [0, 0.05) is 37.9 Å². The molecule has 8 rings (SSSR count). The van der Waals surface area contributed by atoms with Crippen LogP contribution in [0, 0.1) is 24.0 Å². The number of hydrogen-bond acceptors (Lipinski definition) is 13. The summed E-state index contributed by atoms with van der Waals surface area (Å²) >= 11 is 11.2. The van der Waals surface area contributed by atoms with Crippen molar-refractivity contribution in [2.24, 2.45) is 0 Å². The molecular formula is C32H20Br3N9O6S3. The van der Waals surface area contributed by atoms with Crippen LogP contribution < -0.4 is 0 Å². The molecule has 2 aromatic carbocycles. The first-order valence-electron chi connectivity index (χ1n) is 14.9. The quantitative estimate of drug-likeness (QED) is 0.110. The van der Waals surface area contributed by atoms with Crippen molar-refractivity contribution in [1.29, 1.82) is 0 Å². The molecule has 1 unspecified atom stereocenters. The number of halogens is 3. The second kappa shape index (κ2) is 14.7. The maximum absolute atomic E-state index is 13.0. The number of fused-ring (bicyclic) bond motifs is 2. The van der Waals surface area contributed by atoms with Crippen molar-refractivity contribution < 1.29 is 22.0 Å². The highest BCUT2D eigenvalue weighted by Gasteiger charge is 2.26. The van der Waals surface area contributed by atoms with Gasteiger partial charge in [-0.05, 0) is 61.4 Å². The summed E-state index contributed by atoms with van der Waals surface area (Å²) < 4.78 is 50.1. The molecule has 0 bridgehead atoms. The molecule has 8 aromatic rings. The van der Waals surface area contributed by atoms with E-state index in [1.807, 2.05) is 30.5 Å². The normalized spacial score (nSPS) is 12.2. The number of pyridine rings is 2. The van der Waals surface area contributed by atoms with Gasteiger partial charge in [-0.3, -0.25) is 10.1 Å². The van der Waals surface area contributed by atoms with Crippen molar-refractivity contribution in [3.8, 4) is 22.0 Å². The van der Waals surface area contributed by atoms with E-state index in [2.05, 4.69) is 78.4 Å². The van der Waals surface area contributed by atoms with Crippen LogP contribution in [-0.4, -0.2) is 57.2 Å². The molecule has 0 saturated heterocycles. The molecule has 0 saturated carbocycles. The number of hydrogen-bond donors (Lipinski definition) is 0. The van der Waals surface area contributed by atoms with Gasteiger partial charge >= 0.3 is 5.22 Å². The van der Waals surface area contributed by atoms with Gasteiger partial charge in [0.2, 0.25) is 14.2 Å². The molecule has 6 heterocycles. The number of nitro groups is 1. The number of nitro benzene ring substituents is 1. The molecular weight excluding hydrogens is 942 g/mol. The molecule has 0 aliphatic heterocycles. The molecule has 15 nitrogen and oxygen atoms in total. The zero-order valence-corrected chi connectivity index (χ0v) is 34.1. The summed E-state index contributed by atoms with van der Waals surface area (Å²) in [5.74, 6) is 0.162. The van der Waals surface area contributed by atoms with E-state index in [4.69, 9.17) is 4.42 Å². The molecule has 0 aliphatic rings. The largest absolute Gasteiger partial charge is 0.409 e. The van der Waals surface area contributed by atoms with Gasteiger partial charge in [0.25, 0.3) is 11.6 Å². The van der Waals surface area contributed by atoms with Gasteiger partial charge < -0.3 is 4.42 Å². The lowest BCUT2D eigenvalue weighted by atomic mass is 10.2. The van der Waals surface area contributed by atoms with Gasteiger partial charge in [0.05, 0.1) is 49.3 Å². The van der Waals surface area contributed by atoms with Crippen LogP contribution in [0.3, 0.4) is 0 Å². The van der Waals surface area contributed by atoms with E-state index < -0.39 is 25.6 Å². The minimum absolute atomic E-state index is 0.0388. The number of non-ortho nitro benzene ring substituents is 1. The number of aromatic nitrogens is 8. The van der Waals surface area contributed by atoms with E-state index in [1.54, 1.807) is 59.7 Å². The Bertz CT molecular complexity index is 2850. The summed E-state index contributed by atoms with van der Waals surface area (Å²) in [5, 5.41) is 35.7. The predicted octanol–water partition coefficient (Wildman–Crippen LogP) is 8.05. The van der Waals surface area contributed by atoms with E-state index in [9.17, 15) is 22.7 Å². The second-order valence-corrected chi connectivity index (χ2v) is 18.2. The van der Waals surface area contributed by atoms with Crippen LogP contribution in [0.4, 0.5) is 5.69 Å². The van der Waals surface area contributed by atoms with Crippen molar-refractivity contribution in [3.05, 3.63) is 120 Å². The van der Waals surface area contributed by atoms with Gasteiger partial charge in [0.15, 0.2) is 5.01 Å². The van der Waals surface area contributed by atoms with Crippen LogP contribution in [0.2, 0.25) is 0 Å². The Labute approximate surface area is 331 Å². The number of aryl methyl sites for hydroxylation is 2. The summed E-state index contributed by atoms with van der Waals surface area (Å²) in [6.45, 7) is 3.46. The number of rotatable bonds is 7. The first-order valence-corrected chi connectivity index (χ1v) is 20.7. The maximum atomic E-state index is 13.0. The van der Waals surface area contributed by atoms with Crippen LogP contribution >= 0.6 is 59.1 Å². The van der Waals surface area contributed by atoms with E-state index >= 15 is 0 Å². The first kappa shape index (κ1) is 36.8. The van der Waals surface area contributed by atoms with Gasteiger partial charge in [-0.25, -0.2) is 21.7 Å². The Morgan fingerprint density at radius 1 is 0.792 bits per heavy atom. The predicted molar refractivity (Wildman–Crippen MR) is 205 cm³/mol. The van der Waals surface area contributed by atoms with Crippen molar-refractivity contribution in [1.82, 2.24) is 39.6 Å². The Balaban J connectivity index is 0.000000164. The average Bonchev–Trinajstić information content (AvgIpc) is 3.95. The van der Waals surface area contributed by atoms with Gasteiger partial charge in [-0.15, -0.1) is 15.3 Å². The molecule has 0 radical (unpaired) electrons. The third-order valence-corrected chi connectivity index (χ3v) is 13.7. The lowest BCUT2D eigenvalue weighted by Crippen LogP contribution is -2.03. The Hall–Kier alpha value is -4.54. The summed E-state index contributed by atoms with van der Waals surface area (Å²) in [6.07, 6.45) is 6.81.